The summed E-state index contributed by atoms with van der Waals surface area (Å²) in [6.07, 6.45) is 0. The van der Waals surface area contributed by atoms with Gasteiger partial charge in [-0.2, -0.15) is 0 Å². The Bertz CT molecular complexity index is 633. The van der Waals surface area contributed by atoms with Crippen molar-refractivity contribution in [3.63, 3.8) is 0 Å². The second-order valence-electron chi connectivity index (χ2n) is 4.71. The third-order valence-corrected chi connectivity index (χ3v) is 3.22. The van der Waals surface area contributed by atoms with Gasteiger partial charge in [-0.3, -0.25) is 4.79 Å². The summed E-state index contributed by atoms with van der Waals surface area (Å²) in [5.74, 6) is -1.56. The van der Waals surface area contributed by atoms with Gasteiger partial charge in [0.15, 0.2) is 0 Å². The van der Waals surface area contributed by atoms with E-state index in [4.69, 9.17) is 0 Å². The number of nitrogens with one attached hydrogen (secondary N) is 1. The first-order chi connectivity index (χ1) is 9.47. The van der Waals surface area contributed by atoms with Crippen molar-refractivity contribution >= 4 is 5.91 Å². The molecule has 2 nitrogen and oxygen atoms in total. The van der Waals surface area contributed by atoms with Crippen molar-refractivity contribution in [3.8, 4) is 0 Å². The van der Waals surface area contributed by atoms with Crippen molar-refractivity contribution in [2.75, 3.05) is 0 Å². The number of halogens is 2. The van der Waals surface area contributed by atoms with Gasteiger partial charge in [0.25, 0.3) is 5.91 Å². The average molecular weight is 275 g/mol. The largest absolute Gasteiger partial charge is 0.348 e. The van der Waals surface area contributed by atoms with Crippen LogP contribution in [0.2, 0.25) is 0 Å². The molecule has 1 amide bonds. The van der Waals surface area contributed by atoms with Crippen LogP contribution >= 0.6 is 0 Å². The molecule has 2 aromatic rings. The molecule has 20 heavy (non-hydrogen) atoms. The van der Waals surface area contributed by atoms with Crippen LogP contribution in [0.4, 0.5) is 8.78 Å². The zero-order valence-corrected chi connectivity index (χ0v) is 11.3. The number of carbonyl (C=O) groups excluding carboxylic acids is 1. The van der Waals surface area contributed by atoms with Gasteiger partial charge in [-0.15, -0.1) is 0 Å². The molecular weight excluding hydrogens is 260 g/mol. The molecule has 0 fully saturated rings. The molecule has 4 heteroatoms. The van der Waals surface area contributed by atoms with Gasteiger partial charge in [0, 0.05) is 18.2 Å². The summed E-state index contributed by atoms with van der Waals surface area (Å²) < 4.78 is 26.1. The van der Waals surface area contributed by atoms with E-state index in [9.17, 15) is 13.6 Å². The van der Waals surface area contributed by atoms with Crippen LogP contribution in [0.15, 0.2) is 36.4 Å². The van der Waals surface area contributed by atoms with E-state index in [1.807, 2.05) is 19.9 Å². The molecule has 0 heterocycles. The van der Waals surface area contributed by atoms with E-state index in [-0.39, 0.29) is 12.5 Å². The average Bonchev–Trinajstić information content (AvgIpc) is 2.38. The molecule has 0 aliphatic carbocycles. The third kappa shape index (κ3) is 3.20. The summed E-state index contributed by atoms with van der Waals surface area (Å²) in [6, 6.07) is 8.66. The molecular formula is C16H15F2NO. The second-order valence-corrected chi connectivity index (χ2v) is 4.71. The number of hydrogen-bond donors (Lipinski definition) is 1. The van der Waals surface area contributed by atoms with E-state index in [0.29, 0.717) is 11.1 Å². The molecule has 0 spiro atoms. The maximum atomic E-state index is 13.0. The molecule has 0 saturated carbocycles. The van der Waals surface area contributed by atoms with Gasteiger partial charge in [0.1, 0.15) is 11.6 Å². The standard InChI is InChI=1S/C16H15F2NO/c1-10-4-3-5-15(11(10)2)16(20)19-9-12-6-13(17)8-14(18)7-12/h3-8H,9H2,1-2H3,(H,19,20). The highest BCUT2D eigenvalue weighted by Gasteiger charge is 2.10. The van der Waals surface area contributed by atoms with Crippen molar-refractivity contribution in [2.24, 2.45) is 0 Å². The molecule has 0 atom stereocenters. The van der Waals surface area contributed by atoms with E-state index >= 15 is 0 Å². The zero-order chi connectivity index (χ0) is 14.7. The predicted octanol–water partition coefficient (Wildman–Crippen LogP) is 3.51. The van der Waals surface area contributed by atoms with E-state index in [2.05, 4.69) is 5.32 Å². The van der Waals surface area contributed by atoms with Gasteiger partial charge >= 0.3 is 0 Å². The first kappa shape index (κ1) is 14.2. The van der Waals surface area contributed by atoms with Gasteiger partial charge in [0.05, 0.1) is 0 Å². The summed E-state index contributed by atoms with van der Waals surface area (Å²) in [6.45, 7) is 3.88. The third-order valence-electron chi connectivity index (χ3n) is 3.22. The van der Waals surface area contributed by atoms with Crippen LogP contribution < -0.4 is 5.32 Å². The Morgan fingerprint density at radius 3 is 2.40 bits per heavy atom. The monoisotopic (exact) mass is 275 g/mol. The highest BCUT2D eigenvalue weighted by Crippen LogP contribution is 2.13. The quantitative estimate of drug-likeness (QED) is 0.912. The van der Waals surface area contributed by atoms with Crippen LogP contribution in [-0.4, -0.2) is 5.91 Å². The second kappa shape index (κ2) is 5.82. The maximum Gasteiger partial charge on any atom is 0.251 e. The first-order valence-electron chi connectivity index (χ1n) is 6.27. The Kier molecular flexibility index (Phi) is 4.13. The Balaban J connectivity index is 2.10. The van der Waals surface area contributed by atoms with Gasteiger partial charge in [-0.05, 0) is 48.7 Å². The van der Waals surface area contributed by atoms with Gasteiger partial charge in [-0.25, -0.2) is 8.78 Å². The lowest BCUT2D eigenvalue weighted by atomic mass is 10.0. The minimum atomic E-state index is -0.652. The van der Waals surface area contributed by atoms with Crippen LogP contribution in [0, 0.1) is 25.5 Å². The van der Waals surface area contributed by atoms with E-state index < -0.39 is 11.6 Å². The molecule has 0 aliphatic heterocycles. The van der Waals surface area contributed by atoms with E-state index in [0.717, 1.165) is 17.2 Å². The fourth-order valence-electron chi connectivity index (χ4n) is 1.99. The topological polar surface area (TPSA) is 29.1 Å². The maximum absolute atomic E-state index is 13.0. The van der Waals surface area contributed by atoms with Crippen molar-refractivity contribution in [1.29, 1.82) is 0 Å². The van der Waals surface area contributed by atoms with Crippen molar-refractivity contribution in [3.05, 3.63) is 70.3 Å². The van der Waals surface area contributed by atoms with Crippen molar-refractivity contribution in [2.45, 2.75) is 20.4 Å². The lowest BCUT2D eigenvalue weighted by Gasteiger charge is -2.09. The van der Waals surface area contributed by atoms with Crippen LogP contribution in [0.1, 0.15) is 27.0 Å². The summed E-state index contributed by atoms with van der Waals surface area (Å²) in [7, 11) is 0. The molecule has 0 radical (unpaired) electrons. The van der Waals surface area contributed by atoms with Crippen LogP contribution in [0.3, 0.4) is 0 Å². The molecule has 0 unspecified atom stereocenters. The number of amides is 1. The highest BCUT2D eigenvalue weighted by atomic mass is 19.1. The number of rotatable bonds is 3. The van der Waals surface area contributed by atoms with Gasteiger partial charge in [0.2, 0.25) is 0 Å². The Hall–Kier alpha value is -2.23. The summed E-state index contributed by atoms with van der Waals surface area (Å²) in [4.78, 5) is 12.1. The number of carbonyl (C=O) groups is 1. The molecule has 1 N–H and O–H groups in total. The minimum absolute atomic E-state index is 0.0842. The lowest BCUT2D eigenvalue weighted by molar-refractivity contribution is 0.0950. The van der Waals surface area contributed by atoms with Crippen LogP contribution in [0.25, 0.3) is 0 Å². The van der Waals surface area contributed by atoms with E-state index in [1.165, 1.54) is 12.1 Å². The smallest absolute Gasteiger partial charge is 0.251 e. The Labute approximate surface area is 116 Å². The molecule has 104 valence electrons. The first-order valence-corrected chi connectivity index (χ1v) is 6.27. The van der Waals surface area contributed by atoms with Crippen LogP contribution in [0.5, 0.6) is 0 Å². The molecule has 2 rings (SSSR count). The number of aryl methyl sites for hydroxylation is 1. The summed E-state index contributed by atoms with van der Waals surface area (Å²) >= 11 is 0. The molecule has 0 bridgehead atoms. The van der Waals surface area contributed by atoms with Gasteiger partial charge < -0.3 is 5.32 Å². The normalized spacial score (nSPS) is 10.4. The number of hydrogen-bond acceptors (Lipinski definition) is 1. The van der Waals surface area contributed by atoms with Crippen molar-refractivity contribution in [1.82, 2.24) is 5.32 Å². The molecule has 0 saturated heterocycles. The fourth-order valence-corrected chi connectivity index (χ4v) is 1.99. The zero-order valence-electron chi connectivity index (χ0n) is 11.3. The number of benzene rings is 2. The van der Waals surface area contributed by atoms with Crippen LogP contribution in [-0.2, 0) is 6.54 Å². The highest BCUT2D eigenvalue weighted by molar-refractivity contribution is 5.95. The molecule has 0 aromatic heterocycles. The Morgan fingerprint density at radius 2 is 1.75 bits per heavy atom. The predicted molar refractivity (Wildman–Crippen MR) is 73.4 cm³/mol. The summed E-state index contributed by atoms with van der Waals surface area (Å²) in [5.41, 5.74) is 2.88. The van der Waals surface area contributed by atoms with Crippen molar-refractivity contribution < 1.29 is 13.6 Å². The SMILES string of the molecule is Cc1cccc(C(=O)NCc2cc(F)cc(F)c2)c1C. The Morgan fingerprint density at radius 1 is 1.10 bits per heavy atom. The molecule has 2 aromatic carbocycles. The fraction of sp³-hybridized carbons (Fsp3) is 0.188. The van der Waals surface area contributed by atoms with Gasteiger partial charge in [-0.1, -0.05) is 12.1 Å². The van der Waals surface area contributed by atoms with E-state index in [1.54, 1.807) is 12.1 Å². The minimum Gasteiger partial charge on any atom is -0.348 e. The lowest BCUT2D eigenvalue weighted by Crippen LogP contribution is -2.24. The molecule has 0 aliphatic rings. The summed E-state index contributed by atoms with van der Waals surface area (Å²) in [5, 5.41) is 2.67.